The van der Waals surface area contributed by atoms with Crippen LogP contribution in [0.2, 0.25) is 5.02 Å². The third-order valence-corrected chi connectivity index (χ3v) is 5.75. The second kappa shape index (κ2) is 9.90. The summed E-state index contributed by atoms with van der Waals surface area (Å²) in [6.07, 6.45) is 0. The lowest BCUT2D eigenvalue weighted by atomic mass is 9.96. The molecule has 0 saturated carbocycles. The molecule has 3 aromatic carbocycles. The molecule has 1 fully saturated rings. The zero-order valence-corrected chi connectivity index (χ0v) is 17.6. The van der Waals surface area contributed by atoms with Crippen LogP contribution in [-0.2, 0) is 4.79 Å². The summed E-state index contributed by atoms with van der Waals surface area (Å²) < 4.78 is 0. The van der Waals surface area contributed by atoms with E-state index in [0.717, 1.165) is 31.9 Å². The molecular formula is C25H26ClN3O. The molecule has 4 nitrogen and oxygen atoms in total. The van der Waals surface area contributed by atoms with Crippen molar-refractivity contribution in [2.75, 3.05) is 38.0 Å². The van der Waals surface area contributed by atoms with E-state index in [1.807, 2.05) is 12.1 Å². The zero-order valence-electron chi connectivity index (χ0n) is 16.9. The molecule has 3 aromatic rings. The van der Waals surface area contributed by atoms with E-state index in [1.165, 1.54) is 11.1 Å². The Morgan fingerprint density at radius 3 is 1.87 bits per heavy atom. The van der Waals surface area contributed by atoms with Crippen LogP contribution in [0.4, 0.5) is 5.69 Å². The molecule has 0 aromatic heterocycles. The van der Waals surface area contributed by atoms with E-state index in [0.29, 0.717) is 11.6 Å². The molecule has 5 heteroatoms. The van der Waals surface area contributed by atoms with Gasteiger partial charge in [-0.1, -0.05) is 72.3 Å². The first kappa shape index (κ1) is 20.6. The molecule has 1 amide bonds. The van der Waals surface area contributed by atoms with Crippen molar-refractivity contribution in [3.8, 4) is 0 Å². The molecule has 1 aliphatic rings. The van der Waals surface area contributed by atoms with Gasteiger partial charge in [-0.15, -0.1) is 0 Å². The fourth-order valence-corrected chi connectivity index (χ4v) is 4.13. The molecule has 0 aliphatic carbocycles. The standard InChI is InChI=1S/C25H26ClN3O/c26-22-11-13-23(14-12-22)27-24(30)19-28-15-17-29(18-16-28)25(20-7-3-1-4-8-20)21-9-5-2-6-10-21/h1-14,25H,15-19H2,(H,27,30). The molecule has 0 unspecified atom stereocenters. The Bertz CT molecular complexity index is 900. The highest BCUT2D eigenvalue weighted by atomic mass is 35.5. The molecule has 1 saturated heterocycles. The summed E-state index contributed by atoms with van der Waals surface area (Å²) in [5.41, 5.74) is 3.38. The second-order valence-corrected chi connectivity index (χ2v) is 8.03. The number of rotatable bonds is 6. The van der Waals surface area contributed by atoms with Gasteiger partial charge in [0.25, 0.3) is 0 Å². The van der Waals surface area contributed by atoms with E-state index in [4.69, 9.17) is 11.6 Å². The number of carbonyl (C=O) groups is 1. The first-order valence-electron chi connectivity index (χ1n) is 10.3. The smallest absolute Gasteiger partial charge is 0.238 e. The molecule has 0 bridgehead atoms. The van der Waals surface area contributed by atoms with Gasteiger partial charge in [-0.05, 0) is 35.4 Å². The zero-order chi connectivity index (χ0) is 20.8. The van der Waals surface area contributed by atoms with Crippen LogP contribution in [0.15, 0.2) is 84.9 Å². The minimum Gasteiger partial charge on any atom is -0.325 e. The molecule has 30 heavy (non-hydrogen) atoms. The first-order chi connectivity index (χ1) is 14.7. The summed E-state index contributed by atoms with van der Waals surface area (Å²) in [6.45, 7) is 3.97. The average Bonchev–Trinajstić information content (AvgIpc) is 2.78. The Balaban J connectivity index is 1.37. The lowest BCUT2D eigenvalue weighted by Crippen LogP contribution is -2.49. The van der Waals surface area contributed by atoms with E-state index >= 15 is 0 Å². The maximum absolute atomic E-state index is 12.4. The number of piperazine rings is 1. The quantitative estimate of drug-likeness (QED) is 0.629. The van der Waals surface area contributed by atoms with Crippen LogP contribution in [0.1, 0.15) is 17.2 Å². The highest BCUT2D eigenvalue weighted by Crippen LogP contribution is 2.29. The van der Waals surface area contributed by atoms with Crippen molar-refractivity contribution < 1.29 is 4.79 Å². The number of nitrogens with one attached hydrogen (secondary N) is 1. The van der Waals surface area contributed by atoms with Crippen molar-refractivity contribution in [3.63, 3.8) is 0 Å². The monoisotopic (exact) mass is 419 g/mol. The minimum atomic E-state index is 0.00782. The fourth-order valence-electron chi connectivity index (χ4n) is 4.00. The molecule has 0 atom stereocenters. The van der Waals surface area contributed by atoms with Gasteiger partial charge >= 0.3 is 0 Å². The van der Waals surface area contributed by atoms with Crippen LogP contribution in [0, 0.1) is 0 Å². The molecule has 4 rings (SSSR count). The largest absolute Gasteiger partial charge is 0.325 e. The van der Waals surface area contributed by atoms with Gasteiger partial charge in [0.1, 0.15) is 0 Å². The van der Waals surface area contributed by atoms with Crippen molar-refractivity contribution in [2.24, 2.45) is 0 Å². The van der Waals surface area contributed by atoms with Crippen LogP contribution < -0.4 is 5.32 Å². The van der Waals surface area contributed by atoms with E-state index in [-0.39, 0.29) is 11.9 Å². The number of hydrogen-bond acceptors (Lipinski definition) is 3. The summed E-state index contributed by atoms with van der Waals surface area (Å²) >= 11 is 5.91. The lowest BCUT2D eigenvalue weighted by molar-refractivity contribution is -0.117. The number of benzene rings is 3. The SMILES string of the molecule is O=C(CN1CCN(C(c2ccccc2)c2ccccc2)CC1)Nc1ccc(Cl)cc1. The number of nitrogens with zero attached hydrogens (tertiary/aromatic N) is 2. The Morgan fingerprint density at radius 2 is 1.33 bits per heavy atom. The Kier molecular flexibility index (Phi) is 6.80. The predicted octanol–water partition coefficient (Wildman–Crippen LogP) is 4.69. The van der Waals surface area contributed by atoms with Gasteiger partial charge in [0.05, 0.1) is 12.6 Å². The molecule has 1 N–H and O–H groups in total. The predicted molar refractivity (Wildman–Crippen MR) is 123 cm³/mol. The average molecular weight is 420 g/mol. The van der Waals surface area contributed by atoms with Crippen molar-refractivity contribution >= 4 is 23.2 Å². The van der Waals surface area contributed by atoms with Crippen molar-refractivity contribution in [2.45, 2.75) is 6.04 Å². The van der Waals surface area contributed by atoms with Crippen molar-refractivity contribution in [3.05, 3.63) is 101 Å². The van der Waals surface area contributed by atoms with Gasteiger partial charge in [0.2, 0.25) is 5.91 Å². The first-order valence-corrected chi connectivity index (χ1v) is 10.7. The van der Waals surface area contributed by atoms with E-state index in [9.17, 15) is 4.79 Å². The number of carbonyl (C=O) groups excluding carboxylic acids is 1. The lowest BCUT2D eigenvalue weighted by Gasteiger charge is -2.39. The maximum Gasteiger partial charge on any atom is 0.238 e. The van der Waals surface area contributed by atoms with Gasteiger partial charge in [0.15, 0.2) is 0 Å². The van der Waals surface area contributed by atoms with Crippen LogP contribution >= 0.6 is 11.6 Å². The topological polar surface area (TPSA) is 35.6 Å². The second-order valence-electron chi connectivity index (χ2n) is 7.59. The van der Waals surface area contributed by atoms with E-state index in [1.54, 1.807) is 12.1 Å². The summed E-state index contributed by atoms with van der Waals surface area (Å²) in [5.74, 6) is 0.00782. The van der Waals surface area contributed by atoms with Crippen molar-refractivity contribution in [1.82, 2.24) is 9.80 Å². The normalized spacial score (nSPS) is 15.3. The third kappa shape index (κ3) is 5.28. The highest BCUT2D eigenvalue weighted by Gasteiger charge is 2.26. The fraction of sp³-hybridized carbons (Fsp3) is 0.240. The Morgan fingerprint density at radius 1 is 0.800 bits per heavy atom. The summed E-state index contributed by atoms with van der Waals surface area (Å²) in [7, 11) is 0. The summed E-state index contributed by atoms with van der Waals surface area (Å²) in [4.78, 5) is 17.2. The van der Waals surface area contributed by atoms with Crippen LogP contribution in [-0.4, -0.2) is 48.4 Å². The molecule has 154 valence electrons. The maximum atomic E-state index is 12.4. The summed E-state index contributed by atoms with van der Waals surface area (Å²) in [5, 5.41) is 3.61. The van der Waals surface area contributed by atoms with Gasteiger partial charge in [-0.25, -0.2) is 0 Å². The van der Waals surface area contributed by atoms with Crippen LogP contribution in [0.3, 0.4) is 0 Å². The molecule has 0 radical (unpaired) electrons. The van der Waals surface area contributed by atoms with E-state index < -0.39 is 0 Å². The van der Waals surface area contributed by atoms with E-state index in [2.05, 4.69) is 75.8 Å². The number of anilines is 1. The van der Waals surface area contributed by atoms with Gasteiger partial charge in [0, 0.05) is 36.9 Å². The van der Waals surface area contributed by atoms with Crippen LogP contribution in [0.5, 0.6) is 0 Å². The number of halogens is 1. The number of hydrogen-bond donors (Lipinski definition) is 1. The highest BCUT2D eigenvalue weighted by molar-refractivity contribution is 6.30. The Labute approximate surface area is 183 Å². The van der Waals surface area contributed by atoms with Gasteiger partial charge < -0.3 is 5.32 Å². The Hall–Kier alpha value is -2.66. The van der Waals surface area contributed by atoms with Gasteiger partial charge in [-0.3, -0.25) is 14.6 Å². The van der Waals surface area contributed by atoms with Crippen LogP contribution in [0.25, 0.3) is 0 Å². The minimum absolute atomic E-state index is 0.00782. The molecule has 1 aliphatic heterocycles. The molecule has 1 heterocycles. The summed E-state index contributed by atoms with van der Waals surface area (Å²) in [6, 6.07) is 28.7. The molecule has 0 spiro atoms. The molecular weight excluding hydrogens is 394 g/mol. The third-order valence-electron chi connectivity index (χ3n) is 5.50. The van der Waals surface area contributed by atoms with Gasteiger partial charge in [-0.2, -0.15) is 0 Å². The number of amides is 1. The van der Waals surface area contributed by atoms with Crippen molar-refractivity contribution in [1.29, 1.82) is 0 Å².